The molecule has 1 N–H and O–H groups in total. The third-order valence-corrected chi connectivity index (χ3v) is 3.64. The Morgan fingerprint density at radius 2 is 1.54 bits per heavy atom. The molecule has 0 unspecified atom stereocenters. The maximum Gasteiger partial charge on any atom is 0.252 e. The Balaban J connectivity index is 2.24. The van der Waals surface area contributed by atoms with Crippen LogP contribution in [-0.4, -0.2) is 27.2 Å². The molecule has 1 amide bonds. The van der Waals surface area contributed by atoms with Gasteiger partial charge in [0, 0.05) is 5.56 Å². The maximum absolute atomic E-state index is 13.0. The Labute approximate surface area is 140 Å². The van der Waals surface area contributed by atoms with Gasteiger partial charge in [0.1, 0.15) is 5.82 Å². The number of amides is 1. The van der Waals surface area contributed by atoms with Gasteiger partial charge in [-0.1, -0.05) is 12.1 Å². The summed E-state index contributed by atoms with van der Waals surface area (Å²) in [5.41, 5.74) is 1.18. The van der Waals surface area contributed by atoms with E-state index in [1.807, 2.05) is 6.92 Å². The molecule has 2 aromatic carbocycles. The largest absolute Gasteiger partial charge is 0.493 e. The van der Waals surface area contributed by atoms with E-state index in [9.17, 15) is 9.18 Å². The van der Waals surface area contributed by atoms with Gasteiger partial charge in [-0.15, -0.1) is 0 Å². The zero-order valence-corrected chi connectivity index (χ0v) is 14.1. The molecule has 2 aromatic rings. The van der Waals surface area contributed by atoms with E-state index in [-0.39, 0.29) is 17.8 Å². The van der Waals surface area contributed by atoms with Gasteiger partial charge in [-0.05, 0) is 36.8 Å². The summed E-state index contributed by atoms with van der Waals surface area (Å²) in [6.45, 7) is 1.82. The highest BCUT2D eigenvalue weighted by Gasteiger charge is 2.18. The van der Waals surface area contributed by atoms with Gasteiger partial charge in [0.15, 0.2) is 11.5 Å². The van der Waals surface area contributed by atoms with Gasteiger partial charge >= 0.3 is 0 Å². The molecule has 0 fully saturated rings. The number of hydrogen-bond donors (Lipinski definition) is 1. The average Bonchev–Trinajstić information content (AvgIpc) is 2.60. The second kappa shape index (κ2) is 7.68. The third kappa shape index (κ3) is 3.76. The van der Waals surface area contributed by atoms with Crippen molar-refractivity contribution in [3.8, 4) is 17.2 Å². The Morgan fingerprint density at radius 1 is 1.00 bits per heavy atom. The molecular weight excluding hydrogens is 313 g/mol. The minimum atomic E-state index is -0.318. The average molecular weight is 333 g/mol. The summed E-state index contributed by atoms with van der Waals surface area (Å²) in [7, 11) is 4.47. The zero-order chi connectivity index (χ0) is 17.7. The van der Waals surface area contributed by atoms with Crippen LogP contribution in [0.15, 0.2) is 36.4 Å². The van der Waals surface area contributed by atoms with Crippen LogP contribution in [-0.2, 0) is 0 Å². The lowest BCUT2D eigenvalue weighted by molar-refractivity contribution is 0.0939. The molecule has 0 aliphatic rings. The van der Waals surface area contributed by atoms with Crippen molar-refractivity contribution in [2.45, 2.75) is 13.0 Å². The predicted molar refractivity (Wildman–Crippen MR) is 88.4 cm³/mol. The summed E-state index contributed by atoms with van der Waals surface area (Å²) in [6.07, 6.45) is 0. The molecule has 1 atom stereocenters. The van der Waals surface area contributed by atoms with Crippen molar-refractivity contribution in [3.63, 3.8) is 0 Å². The third-order valence-electron chi connectivity index (χ3n) is 3.64. The number of rotatable bonds is 6. The van der Waals surface area contributed by atoms with Gasteiger partial charge in [0.05, 0.1) is 27.4 Å². The number of carbonyl (C=O) groups excluding carboxylic acids is 1. The van der Waals surface area contributed by atoms with Crippen molar-refractivity contribution >= 4 is 5.91 Å². The molecule has 0 aliphatic heterocycles. The fraction of sp³-hybridized carbons (Fsp3) is 0.278. The molecule has 0 spiro atoms. The van der Waals surface area contributed by atoms with Crippen molar-refractivity contribution in [2.75, 3.05) is 21.3 Å². The molecule has 0 bridgehead atoms. The number of methoxy groups -OCH3 is 3. The van der Waals surface area contributed by atoms with E-state index in [1.54, 1.807) is 24.3 Å². The molecule has 2 rings (SSSR count). The highest BCUT2D eigenvalue weighted by molar-refractivity contribution is 5.95. The number of benzene rings is 2. The van der Waals surface area contributed by atoms with Crippen LogP contribution in [0, 0.1) is 5.82 Å². The lowest BCUT2D eigenvalue weighted by atomic mass is 10.1. The monoisotopic (exact) mass is 333 g/mol. The highest BCUT2D eigenvalue weighted by Crippen LogP contribution is 2.38. The Kier molecular flexibility index (Phi) is 5.63. The maximum atomic E-state index is 13.0. The smallest absolute Gasteiger partial charge is 0.252 e. The van der Waals surface area contributed by atoms with Crippen molar-refractivity contribution in [3.05, 3.63) is 53.3 Å². The minimum Gasteiger partial charge on any atom is -0.493 e. The standard InChI is InChI=1S/C18H20FNO4/c1-11(12-5-7-14(19)8-6-12)20-18(21)13-9-15(22-2)17(24-4)16(10-13)23-3/h5-11H,1-4H3,(H,20,21)/t11-/m1/s1. The van der Waals surface area contributed by atoms with Gasteiger partial charge in [0.25, 0.3) is 5.91 Å². The lowest BCUT2D eigenvalue weighted by Gasteiger charge is -2.17. The molecule has 0 saturated carbocycles. The Bertz CT molecular complexity index is 690. The number of nitrogens with one attached hydrogen (secondary N) is 1. The second-order valence-corrected chi connectivity index (χ2v) is 5.16. The fourth-order valence-electron chi connectivity index (χ4n) is 2.33. The summed E-state index contributed by atoms with van der Waals surface area (Å²) in [4.78, 5) is 12.5. The number of halogens is 1. The Morgan fingerprint density at radius 3 is 2.00 bits per heavy atom. The highest BCUT2D eigenvalue weighted by atomic mass is 19.1. The van der Waals surface area contributed by atoms with E-state index in [2.05, 4.69) is 5.32 Å². The van der Waals surface area contributed by atoms with Crippen LogP contribution >= 0.6 is 0 Å². The summed E-state index contributed by atoms with van der Waals surface area (Å²) in [5.74, 6) is 0.601. The van der Waals surface area contributed by atoms with Crippen LogP contribution in [0.3, 0.4) is 0 Å². The number of ether oxygens (including phenoxy) is 3. The molecule has 0 aromatic heterocycles. The number of carbonyl (C=O) groups is 1. The van der Waals surface area contributed by atoms with Crippen molar-refractivity contribution in [2.24, 2.45) is 0 Å². The van der Waals surface area contributed by atoms with Crippen LogP contribution < -0.4 is 19.5 Å². The first-order chi connectivity index (χ1) is 11.5. The molecule has 6 heteroatoms. The van der Waals surface area contributed by atoms with E-state index in [4.69, 9.17) is 14.2 Å². The molecule has 0 radical (unpaired) electrons. The molecule has 128 valence electrons. The summed E-state index contributed by atoms with van der Waals surface area (Å²) in [6, 6.07) is 8.86. The van der Waals surface area contributed by atoms with E-state index in [0.717, 1.165) is 5.56 Å². The van der Waals surface area contributed by atoms with Crippen molar-refractivity contribution < 1.29 is 23.4 Å². The molecule has 5 nitrogen and oxygen atoms in total. The minimum absolute atomic E-state index is 0.280. The van der Waals surface area contributed by atoms with Gasteiger partial charge < -0.3 is 19.5 Å². The SMILES string of the molecule is COc1cc(C(=O)N[C@H](C)c2ccc(F)cc2)cc(OC)c1OC. The van der Waals surface area contributed by atoms with Crippen LogP contribution in [0.5, 0.6) is 17.2 Å². The van der Waals surface area contributed by atoms with E-state index in [0.29, 0.717) is 22.8 Å². The summed E-state index contributed by atoms with van der Waals surface area (Å²) in [5, 5.41) is 2.86. The molecule has 24 heavy (non-hydrogen) atoms. The molecule has 0 saturated heterocycles. The first-order valence-electron chi connectivity index (χ1n) is 7.36. The topological polar surface area (TPSA) is 56.8 Å². The lowest BCUT2D eigenvalue weighted by Crippen LogP contribution is -2.26. The van der Waals surface area contributed by atoms with Crippen LogP contribution in [0.4, 0.5) is 4.39 Å². The van der Waals surface area contributed by atoms with Gasteiger partial charge in [-0.3, -0.25) is 4.79 Å². The second-order valence-electron chi connectivity index (χ2n) is 5.16. The molecule has 0 heterocycles. The van der Waals surface area contributed by atoms with E-state index < -0.39 is 0 Å². The van der Waals surface area contributed by atoms with E-state index >= 15 is 0 Å². The molecule has 0 aliphatic carbocycles. The van der Waals surface area contributed by atoms with Gasteiger partial charge in [-0.25, -0.2) is 4.39 Å². The zero-order valence-electron chi connectivity index (χ0n) is 14.1. The van der Waals surface area contributed by atoms with Crippen molar-refractivity contribution in [1.29, 1.82) is 0 Å². The number of hydrogen-bond acceptors (Lipinski definition) is 4. The Hall–Kier alpha value is -2.76. The molecular formula is C18H20FNO4. The van der Waals surface area contributed by atoms with Gasteiger partial charge in [-0.2, -0.15) is 0 Å². The summed E-state index contributed by atoms with van der Waals surface area (Å²) >= 11 is 0. The first-order valence-corrected chi connectivity index (χ1v) is 7.36. The normalized spacial score (nSPS) is 11.5. The van der Waals surface area contributed by atoms with Gasteiger partial charge in [0.2, 0.25) is 5.75 Å². The first kappa shape index (κ1) is 17.6. The van der Waals surface area contributed by atoms with Crippen LogP contribution in [0.1, 0.15) is 28.9 Å². The predicted octanol–water partition coefficient (Wildman–Crippen LogP) is 3.34. The van der Waals surface area contributed by atoms with E-state index in [1.165, 1.54) is 33.5 Å². The van der Waals surface area contributed by atoms with Crippen molar-refractivity contribution in [1.82, 2.24) is 5.32 Å². The quantitative estimate of drug-likeness (QED) is 0.881. The summed E-state index contributed by atoms with van der Waals surface area (Å²) < 4.78 is 28.7. The fourth-order valence-corrected chi connectivity index (χ4v) is 2.33. The van der Waals surface area contributed by atoms with Crippen LogP contribution in [0.25, 0.3) is 0 Å². The van der Waals surface area contributed by atoms with Crippen LogP contribution in [0.2, 0.25) is 0 Å².